The molecular weight excluding hydrogens is 429 g/mol. The van der Waals surface area contributed by atoms with E-state index in [-0.39, 0.29) is 21.5 Å². The molecule has 0 atom stereocenters. The van der Waals surface area contributed by atoms with E-state index in [0.717, 1.165) is 6.07 Å². The number of aliphatic hydroxyl groups is 1. The quantitative estimate of drug-likeness (QED) is 0.707. The number of hydrogen-bond donors (Lipinski definition) is 1. The topological polar surface area (TPSA) is 64.3 Å². The highest BCUT2D eigenvalue weighted by atomic mass is 79.9. The van der Waals surface area contributed by atoms with Crippen LogP contribution in [-0.4, -0.2) is 26.2 Å². The van der Waals surface area contributed by atoms with E-state index in [0.29, 0.717) is 31.5 Å². The lowest BCUT2D eigenvalue weighted by Gasteiger charge is -2.43. The Morgan fingerprint density at radius 3 is 2.48 bits per heavy atom. The van der Waals surface area contributed by atoms with E-state index in [1.165, 1.54) is 13.0 Å². The van der Waals surface area contributed by atoms with Gasteiger partial charge in [0.15, 0.2) is 11.4 Å². The minimum absolute atomic E-state index is 0.0281. The molecule has 146 valence electrons. The van der Waals surface area contributed by atoms with Crippen LogP contribution < -0.4 is 0 Å². The summed E-state index contributed by atoms with van der Waals surface area (Å²) in [6, 6.07) is 2.23. The molecule has 1 N–H and O–H groups in total. The van der Waals surface area contributed by atoms with Gasteiger partial charge in [-0.2, -0.15) is 13.2 Å². The van der Waals surface area contributed by atoms with E-state index < -0.39 is 28.9 Å². The molecule has 0 unspecified atom stereocenters. The molecule has 0 saturated heterocycles. The average Bonchev–Trinajstić information content (AvgIpc) is 3.14. The van der Waals surface area contributed by atoms with Gasteiger partial charge in [0.1, 0.15) is 0 Å². The van der Waals surface area contributed by atoms with Gasteiger partial charge in [0.2, 0.25) is 0 Å². The highest BCUT2D eigenvalue weighted by Crippen LogP contribution is 2.54. The zero-order valence-electron chi connectivity index (χ0n) is 14.7. The lowest BCUT2D eigenvalue weighted by Crippen LogP contribution is -2.43. The molecule has 1 aromatic heterocycles. The van der Waals surface area contributed by atoms with Crippen molar-refractivity contribution in [2.75, 3.05) is 0 Å². The number of imidazole rings is 1. The van der Waals surface area contributed by atoms with Gasteiger partial charge in [0.25, 0.3) is 0 Å². The number of ether oxygens (including phenoxy) is 1. The third-order valence-corrected chi connectivity index (χ3v) is 5.68. The van der Waals surface area contributed by atoms with Crippen LogP contribution in [0.25, 0.3) is 11.0 Å². The zero-order valence-corrected chi connectivity index (χ0v) is 16.3. The van der Waals surface area contributed by atoms with Crippen LogP contribution in [0, 0.1) is 0 Å². The summed E-state index contributed by atoms with van der Waals surface area (Å²) in [6.45, 7) is 2.93. The van der Waals surface area contributed by atoms with Crippen molar-refractivity contribution in [1.82, 2.24) is 9.55 Å². The molecule has 0 radical (unpaired) electrons. The molecule has 5 nitrogen and oxygen atoms in total. The number of fused-ring (bicyclic) bond motifs is 1. The van der Waals surface area contributed by atoms with E-state index in [9.17, 15) is 23.1 Å². The van der Waals surface area contributed by atoms with Crippen molar-refractivity contribution in [2.45, 2.75) is 63.0 Å². The van der Waals surface area contributed by atoms with E-state index in [4.69, 9.17) is 4.74 Å². The predicted octanol–water partition coefficient (Wildman–Crippen LogP) is 4.46. The van der Waals surface area contributed by atoms with Gasteiger partial charge in [-0.1, -0.05) is 15.9 Å². The fourth-order valence-electron chi connectivity index (χ4n) is 3.99. The van der Waals surface area contributed by atoms with Crippen molar-refractivity contribution >= 4 is 32.9 Å². The van der Waals surface area contributed by atoms with Crippen molar-refractivity contribution < 1.29 is 27.8 Å². The first-order valence-corrected chi connectivity index (χ1v) is 9.42. The van der Waals surface area contributed by atoms with Gasteiger partial charge in [0, 0.05) is 17.4 Å². The summed E-state index contributed by atoms with van der Waals surface area (Å²) in [5.74, 6) is -0.166. The van der Waals surface area contributed by atoms with Crippen LogP contribution in [0.4, 0.5) is 13.2 Å². The van der Waals surface area contributed by atoms with Crippen molar-refractivity contribution in [2.24, 2.45) is 0 Å². The van der Waals surface area contributed by atoms with Gasteiger partial charge in [-0.05, 0) is 44.7 Å². The summed E-state index contributed by atoms with van der Waals surface area (Å²) < 4.78 is 48.5. The van der Waals surface area contributed by atoms with Crippen molar-refractivity contribution in [3.8, 4) is 0 Å². The Kier molecular flexibility index (Phi) is 3.96. The molecule has 0 spiro atoms. The third kappa shape index (κ3) is 3.14. The predicted molar refractivity (Wildman–Crippen MR) is 94.0 cm³/mol. The number of carbonyl (C=O) groups is 1. The second kappa shape index (κ2) is 5.70. The van der Waals surface area contributed by atoms with Gasteiger partial charge in [0.05, 0.1) is 22.2 Å². The summed E-state index contributed by atoms with van der Waals surface area (Å²) in [5, 5.41) is 10.1. The molecule has 2 aliphatic carbocycles. The molecule has 4 rings (SSSR count). The maximum Gasteiger partial charge on any atom is 0.418 e. The Morgan fingerprint density at radius 1 is 1.37 bits per heavy atom. The van der Waals surface area contributed by atoms with Crippen LogP contribution in [0.5, 0.6) is 0 Å². The first kappa shape index (κ1) is 18.7. The van der Waals surface area contributed by atoms with Gasteiger partial charge in [-0.3, -0.25) is 4.79 Å². The van der Waals surface area contributed by atoms with Gasteiger partial charge in [-0.25, -0.2) is 4.98 Å². The minimum atomic E-state index is -4.57. The van der Waals surface area contributed by atoms with Crippen LogP contribution in [-0.2, 0) is 21.3 Å². The zero-order chi connectivity index (χ0) is 19.8. The van der Waals surface area contributed by atoms with Crippen LogP contribution in [0.3, 0.4) is 0 Å². The summed E-state index contributed by atoms with van der Waals surface area (Å²) >= 11 is 3.13. The van der Waals surface area contributed by atoms with Crippen molar-refractivity contribution in [1.29, 1.82) is 0 Å². The Balaban J connectivity index is 1.97. The monoisotopic (exact) mass is 446 g/mol. The summed E-state index contributed by atoms with van der Waals surface area (Å²) in [7, 11) is 0. The lowest BCUT2D eigenvalue weighted by atomic mass is 9.77. The van der Waals surface area contributed by atoms with Gasteiger partial charge < -0.3 is 14.4 Å². The smallest absolute Gasteiger partial charge is 0.418 e. The Morgan fingerprint density at radius 2 is 2.00 bits per heavy atom. The highest BCUT2D eigenvalue weighted by Gasteiger charge is 2.54. The SMILES string of the molecule is CC(=O)OC1(c2nc3cc(Br)cc(C(F)(F)F)c3n2C2CC(C)(O)C2)CC1. The minimum Gasteiger partial charge on any atom is -0.451 e. The van der Waals surface area contributed by atoms with Crippen LogP contribution in [0.2, 0.25) is 0 Å². The average molecular weight is 447 g/mol. The van der Waals surface area contributed by atoms with E-state index in [1.54, 1.807) is 11.5 Å². The van der Waals surface area contributed by atoms with E-state index in [1.807, 2.05) is 0 Å². The number of benzene rings is 1. The van der Waals surface area contributed by atoms with Gasteiger partial charge >= 0.3 is 12.1 Å². The largest absolute Gasteiger partial charge is 0.451 e. The maximum absolute atomic E-state index is 13.8. The lowest BCUT2D eigenvalue weighted by molar-refractivity contribution is -0.150. The number of hydrogen-bond acceptors (Lipinski definition) is 4. The number of aromatic nitrogens is 2. The number of esters is 1. The third-order valence-electron chi connectivity index (χ3n) is 5.22. The second-order valence-electron chi connectivity index (χ2n) is 7.77. The molecule has 27 heavy (non-hydrogen) atoms. The van der Waals surface area contributed by atoms with E-state index >= 15 is 0 Å². The van der Waals surface area contributed by atoms with Gasteiger partial charge in [-0.15, -0.1) is 0 Å². The molecule has 1 aromatic carbocycles. The van der Waals surface area contributed by atoms with Crippen molar-refractivity contribution in [3.63, 3.8) is 0 Å². The van der Waals surface area contributed by atoms with Crippen LogP contribution >= 0.6 is 15.9 Å². The Hall–Kier alpha value is -1.61. The van der Waals surface area contributed by atoms with Crippen LogP contribution in [0.15, 0.2) is 16.6 Å². The number of halogens is 4. The molecule has 1 heterocycles. The summed E-state index contributed by atoms with van der Waals surface area (Å²) in [6.07, 6.45) is -2.91. The number of nitrogens with zero attached hydrogens (tertiary/aromatic N) is 2. The molecule has 2 aromatic rings. The number of carbonyl (C=O) groups excluding carboxylic acids is 1. The van der Waals surface area contributed by atoms with E-state index in [2.05, 4.69) is 20.9 Å². The Labute approximate surface area is 161 Å². The molecule has 0 bridgehead atoms. The van der Waals surface area contributed by atoms with Crippen LogP contribution in [0.1, 0.15) is 57.0 Å². The second-order valence-corrected chi connectivity index (χ2v) is 8.69. The summed E-state index contributed by atoms with van der Waals surface area (Å²) in [5.41, 5.74) is -2.54. The first-order chi connectivity index (χ1) is 12.4. The Bertz CT molecular complexity index is 939. The fraction of sp³-hybridized carbons (Fsp3) is 0.556. The molecule has 9 heteroatoms. The number of alkyl halides is 3. The highest BCUT2D eigenvalue weighted by molar-refractivity contribution is 9.10. The molecule has 2 fully saturated rings. The molecule has 2 saturated carbocycles. The standard InChI is InChI=1S/C18H18BrF3N2O3/c1-9(25)27-17(3-4-17)15-23-13-6-10(19)5-12(18(20,21)22)14(13)24(15)11-7-16(2,26)8-11/h5-6,11,26H,3-4,7-8H2,1-2H3. The normalized spacial score (nSPS) is 26.7. The molecule has 0 amide bonds. The fourth-order valence-corrected chi connectivity index (χ4v) is 4.43. The first-order valence-electron chi connectivity index (χ1n) is 8.63. The summed E-state index contributed by atoms with van der Waals surface area (Å²) in [4.78, 5) is 16.0. The van der Waals surface area contributed by atoms with Crippen molar-refractivity contribution in [3.05, 3.63) is 28.0 Å². The molecular formula is C18H18BrF3N2O3. The molecule has 2 aliphatic rings. The maximum atomic E-state index is 13.8. The number of rotatable bonds is 3. The molecule has 0 aliphatic heterocycles.